The van der Waals surface area contributed by atoms with Crippen LogP contribution in [0.15, 0.2) is 59.7 Å². The minimum absolute atomic E-state index is 0.195. The zero-order valence-electron chi connectivity index (χ0n) is 22.1. The third kappa shape index (κ3) is 6.57. The van der Waals surface area contributed by atoms with Crippen LogP contribution in [0.1, 0.15) is 68.4 Å². The average molecular weight is 554 g/mol. The number of alkyl carbamates (subject to hydrolysis) is 1. The summed E-state index contributed by atoms with van der Waals surface area (Å²) in [5, 5.41) is 19.9. The fraction of sp³-hybridized carbons (Fsp3) is 0.393. The molecule has 1 aromatic carbocycles. The van der Waals surface area contributed by atoms with Crippen molar-refractivity contribution in [2.75, 3.05) is 6.54 Å². The first-order chi connectivity index (χ1) is 18.4. The van der Waals surface area contributed by atoms with Gasteiger partial charge < -0.3 is 21.0 Å². The van der Waals surface area contributed by atoms with Crippen molar-refractivity contribution in [3.63, 3.8) is 0 Å². The number of nitrogens with one attached hydrogen (secondary N) is 1. The van der Waals surface area contributed by atoms with Crippen molar-refractivity contribution < 1.29 is 19.1 Å². The van der Waals surface area contributed by atoms with Crippen molar-refractivity contribution in [2.24, 2.45) is 5.73 Å². The molecular weight excluding hydrogens is 522 g/mol. The van der Waals surface area contributed by atoms with Gasteiger partial charge in [-0.3, -0.25) is 9.59 Å². The molecule has 0 bridgehead atoms. The van der Waals surface area contributed by atoms with E-state index >= 15 is 0 Å². The number of benzene rings is 1. The fourth-order valence-electron chi connectivity index (χ4n) is 5.02. The molecule has 1 aliphatic carbocycles. The molecule has 1 saturated carbocycles. The number of nitrogens with zero attached hydrogens (tertiary/aromatic N) is 3. The lowest BCUT2D eigenvalue weighted by Gasteiger charge is -2.41. The number of hydrogen-bond acceptors (Lipinski definition) is 6. The van der Waals surface area contributed by atoms with Crippen LogP contribution in [0.4, 0.5) is 4.79 Å². The van der Waals surface area contributed by atoms with E-state index in [-0.39, 0.29) is 11.6 Å². The van der Waals surface area contributed by atoms with Crippen LogP contribution in [0.5, 0.6) is 0 Å². The number of halogens is 1. The standard InChI is InChI=1S/C28H32ClN5O5/c1-27(2,3)39-26(37)31-17-28(19-7-4-8-20(29)14-19)11-9-21(10-12-28)34-25(36)22(24(30)35)15-23(32-34)18-6-5-13-33(38)16-18/h4-8,13-16,21H,9-12,17H2,1-3H3,(H2,30,35)(H,31,37)/t21-,28+. The molecular formula is C28H32ClN5O5. The zero-order chi connectivity index (χ0) is 28.4. The number of carbonyl (C=O) groups is 2. The molecule has 2 amide bonds. The van der Waals surface area contributed by atoms with Gasteiger partial charge in [-0.15, -0.1) is 0 Å². The molecule has 0 saturated heterocycles. The van der Waals surface area contributed by atoms with E-state index in [1.54, 1.807) is 39.0 Å². The van der Waals surface area contributed by atoms with Gasteiger partial charge in [0, 0.05) is 23.0 Å². The highest BCUT2D eigenvalue weighted by molar-refractivity contribution is 6.30. The first kappa shape index (κ1) is 28.1. The van der Waals surface area contributed by atoms with E-state index in [2.05, 4.69) is 10.4 Å². The van der Waals surface area contributed by atoms with Crippen LogP contribution in [0, 0.1) is 5.21 Å². The van der Waals surface area contributed by atoms with Crippen molar-refractivity contribution in [2.45, 2.75) is 63.5 Å². The van der Waals surface area contributed by atoms with Gasteiger partial charge in [-0.05, 0) is 76.3 Å². The summed E-state index contributed by atoms with van der Waals surface area (Å²) in [6.07, 6.45) is 4.40. The second-order valence-corrected chi connectivity index (χ2v) is 11.3. The Labute approximate surface area is 231 Å². The number of amides is 2. The first-order valence-electron chi connectivity index (χ1n) is 12.7. The molecule has 1 aliphatic rings. The highest BCUT2D eigenvalue weighted by Crippen LogP contribution is 2.43. The molecule has 4 rings (SSSR count). The summed E-state index contributed by atoms with van der Waals surface area (Å²) < 4.78 is 7.36. The van der Waals surface area contributed by atoms with Crippen molar-refractivity contribution in [3.05, 3.63) is 86.6 Å². The van der Waals surface area contributed by atoms with Crippen molar-refractivity contribution >= 4 is 23.6 Å². The highest BCUT2D eigenvalue weighted by atomic mass is 35.5. The Morgan fingerprint density at radius 1 is 1.23 bits per heavy atom. The largest absolute Gasteiger partial charge is 0.619 e. The summed E-state index contributed by atoms with van der Waals surface area (Å²) in [6.45, 7) is 5.72. The Bertz CT molecular complexity index is 1440. The van der Waals surface area contributed by atoms with E-state index in [0.717, 1.165) is 5.56 Å². The van der Waals surface area contributed by atoms with Crippen LogP contribution in [-0.2, 0) is 10.2 Å². The number of carbonyl (C=O) groups excluding carboxylic acids is 2. The SMILES string of the molecule is CC(C)(C)OC(=O)NC[C@]1(c2cccc(Cl)c2)CC[C@@H](n2nc(-c3ccc[n+]([O-])c3)cc(C(N)=O)c2=O)CC1. The molecule has 0 atom stereocenters. The Hall–Kier alpha value is -3.92. The number of aromatic nitrogens is 3. The summed E-state index contributed by atoms with van der Waals surface area (Å²) in [4.78, 5) is 37.8. The Balaban J connectivity index is 1.65. The quantitative estimate of drug-likeness (QED) is 0.350. The van der Waals surface area contributed by atoms with Crippen LogP contribution in [0.2, 0.25) is 5.02 Å². The van der Waals surface area contributed by atoms with Gasteiger partial charge in [-0.25, -0.2) is 9.48 Å². The molecule has 10 nitrogen and oxygen atoms in total. The topological polar surface area (TPSA) is 143 Å². The lowest BCUT2D eigenvalue weighted by Crippen LogP contribution is -2.46. The summed E-state index contributed by atoms with van der Waals surface area (Å²) in [6, 6.07) is 11.8. The summed E-state index contributed by atoms with van der Waals surface area (Å²) in [7, 11) is 0. The second-order valence-electron chi connectivity index (χ2n) is 10.9. The van der Waals surface area contributed by atoms with E-state index in [1.165, 1.54) is 23.1 Å². The molecule has 0 aliphatic heterocycles. The normalized spacial score (nSPS) is 19.3. The van der Waals surface area contributed by atoms with Crippen LogP contribution in [0.25, 0.3) is 11.3 Å². The predicted molar refractivity (Wildman–Crippen MR) is 146 cm³/mol. The fourth-order valence-corrected chi connectivity index (χ4v) is 5.21. The zero-order valence-corrected chi connectivity index (χ0v) is 22.9. The van der Waals surface area contributed by atoms with Gasteiger partial charge >= 0.3 is 6.09 Å². The minimum atomic E-state index is -0.867. The minimum Gasteiger partial charge on any atom is -0.619 e. The number of ether oxygens (including phenoxy) is 1. The van der Waals surface area contributed by atoms with Gasteiger partial charge in [0.05, 0.1) is 17.3 Å². The number of nitrogens with two attached hydrogens (primary N) is 1. The summed E-state index contributed by atoms with van der Waals surface area (Å²) >= 11 is 6.32. The lowest BCUT2D eigenvalue weighted by atomic mass is 9.68. The highest BCUT2D eigenvalue weighted by Gasteiger charge is 2.39. The molecule has 11 heteroatoms. The van der Waals surface area contributed by atoms with Crippen molar-refractivity contribution in [1.82, 2.24) is 15.1 Å². The second kappa shape index (κ2) is 11.1. The van der Waals surface area contributed by atoms with E-state index in [0.29, 0.717) is 53.2 Å². The Morgan fingerprint density at radius 3 is 2.56 bits per heavy atom. The van der Waals surface area contributed by atoms with Crippen LogP contribution in [-0.4, -0.2) is 33.9 Å². The van der Waals surface area contributed by atoms with Crippen molar-refractivity contribution in [3.8, 4) is 11.3 Å². The number of pyridine rings is 1. The maximum Gasteiger partial charge on any atom is 0.407 e. The monoisotopic (exact) mass is 553 g/mol. The molecule has 0 unspecified atom stereocenters. The lowest BCUT2D eigenvalue weighted by molar-refractivity contribution is -0.604. The third-order valence-electron chi connectivity index (χ3n) is 6.94. The molecule has 2 heterocycles. The molecule has 0 radical (unpaired) electrons. The van der Waals surface area contributed by atoms with Gasteiger partial charge in [0.1, 0.15) is 11.2 Å². The number of rotatable bonds is 6. The molecule has 39 heavy (non-hydrogen) atoms. The smallest absolute Gasteiger partial charge is 0.407 e. The maximum atomic E-state index is 13.2. The van der Waals surface area contributed by atoms with Gasteiger partial charge in [0.2, 0.25) is 0 Å². The van der Waals surface area contributed by atoms with Gasteiger partial charge in [0.15, 0.2) is 12.4 Å². The third-order valence-corrected chi connectivity index (χ3v) is 7.17. The molecule has 0 spiro atoms. The number of primary amides is 1. The summed E-state index contributed by atoms with van der Waals surface area (Å²) in [5.74, 6) is -0.867. The molecule has 2 aromatic heterocycles. The molecule has 206 valence electrons. The summed E-state index contributed by atoms with van der Waals surface area (Å²) in [5.41, 5.74) is 5.38. The molecule has 3 N–H and O–H groups in total. The molecule has 3 aromatic rings. The first-order valence-corrected chi connectivity index (χ1v) is 13.1. The Kier molecular flexibility index (Phi) is 7.96. The van der Waals surface area contributed by atoms with Crippen LogP contribution in [0.3, 0.4) is 0 Å². The van der Waals surface area contributed by atoms with Crippen molar-refractivity contribution in [1.29, 1.82) is 0 Å². The average Bonchev–Trinajstić information content (AvgIpc) is 2.87. The van der Waals surface area contributed by atoms with E-state index < -0.39 is 28.6 Å². The number of hydrogen-bond donors (Lipinski definition) is 2. The predicted octanol–water partition coefficient (Wildman–Crippen LogP) is 3.87. The van der Waals surface area contributed by atoms with Crippen LogP contribution < -0.4 is 21.3 Å². The molecule has 1 fully saturated rings. The van der Waals surface area contributed by atoms with E-state index in [4.69, 9.17) is 22.1 Å². The Morgan fingerprint density at radius 2 is 1.95 bits per heavy atom. The van der Waals surface area contributed by atoms with Gasteiger partial charge in [-0.1, -0.05) is 23.7 Å². The van der Waals surface area contributed by atoms with Gasteiger partial charge in [0.25, 0.3) is 11.5 Å². The van der Waals surface area contributed by atoms with E-state index in [1.807, 2.05) is 18.2 Å². The maximum absolute atomic E-state index is 13.2. The van der Waals surface area contributed by atoms with Gasteiger partial charge in [-0.2, -0.15) is 9.83 Å². The van der Waals surface area contributed by atoms with Crippen LogP contribution >= 0.6 is 11.6 Å². The van der Waals surface area contributed by atoms with E-state index in [9.17, 15) is 19.6 Å².